The van der Waals surface area contributed by atoms with E-state index in [1.807, 2.05) is 6.20 Å². The number of aromatic nitrogens is 1. The summed E-state index contributed by atoms with van der Waals surface area (Å²) in [5.74, 6) is 1.28. The Hall–Kier alpha value is -1.93. The van der Waals surface area contributed by atoms with Gasteiger partial charge in [0.05, 0.1) is 5.52 Å². The third-order valence-electron chi connectivity index (χ3n) is 4.85. The minimum Gasteiger partial charge on any atom is -0.299 e. The van der Waals surface area contributed by atoms with E-state index in [1.165, 1.54) is 35.1 Å². The number of fused-ring (bicyclic) bond motifs is 1. The molecule has 0 spiro atoms. The number of allylic oxidation sites excluding steroid dienone is 1. The maximum atomic E-state index is 4.66. The van der Waals surface area contributed by atoms with Crippen LogP contribution in [0, 0.1) is 5.92 Å². The van der Waals surface area contributed by atoms with Crippen LogP contribution in [0.25, 0.3) is 17.0 Å². The summed E-state index contributed by atoms with van der Waals surface area (Å²) in [7, 11) is 0. The second-order valence-corrected chi connectivity index (χ2v) is 7.33. The van der Waals surface area contributed by atoms with Crippen molar-refractivity contribution >= 4 is 17.0 Å². The second-order valence-electron chi connectivity index (χ2n) is 7.33. The maximum absolute atomic E-state index is 4.66. The van der Waals surface area contributed by atoms with Gasteiger partial charge < -0.3 is 0 Å². The van der Waals surface area contributed by atoms with E-state index in [2.05, 4.69) is 73.7 Å². The first-order valence-corrected chi connectivity index (χ1v) is 8.95. The molecule has 0 saturated carbocycles. The summed E-state index contributed by atoms with van der Waals surface area (Å²) in [6, 6.07) is 8.84. The Morgan fingerprint density at radius 3 is 2.92 bits per heavy atom. The fourth-order valence-electron chi connectivity index (χ4n) is 4.08. The van der Waals surface area contributed by atoms with Crippen LogP contribution in [-0.4, -0.2) is 29.5 Å². The van der Waals surface area contributed by atoms with Crippen LogP contribution in [0.15, 0.2) is 48.7 Å². The molecule has 2 atom stereocenters. The second kappa shape index (κ2) is 7.31. The molecule has 1 saturated heterocycles. The monoisotopic (exact) mass is 320 g/mol. The van der Waals surface area contributed by atoms with Gasteiger partial charge in [-0.25, -0.2) is 0 Å². The van der Waals surface area contributed by atoms with E-state index in [9.17, 15) is 0 Å². The molecule has 1 fully saturated rings. The lowest BCUT2D eigenvalue weighted by atomic mass is 9.83. The first-order valence-electron chi connectivity index (χ1n) is 8.95. The quantitative estimate of drug-likeness (QED) is 0.713. The molecule has 2 heterocycles. The molecule has 0 radical (unpaired) electrons. The molecule has 3 rings (SSSR count). The number of piperidine rings is 1. The lowest BCUT2D eigenvalue weighted by Gasteiger charge is -2.37. The molecular formula is C22H28N2. The highest BCUT2D eigenvalue weighted by molar-refractivity contribution is 5.90. The highest BCUT2D eigenvalue weighted by Gasteiger charge is 2.27. The summed E-state index contributed by atoms with van der Waals surface area (Å²) in [5, 5.41) is 1.31. The van der Waals surface area contributed by atoms with Crippen molar-refractivity contribution in [3.63, 3.8) is 0 Å². The number of likely N-dealkylation sites (tertiary alicyclic amines) is 1. The van der Waals surface area contributed by atoms with Crippen molar-refractivity contribution in [3.05, 3.63) is 59.8 Å². The SMILES string of the molecule is C=C(C)CN1CC(C)CC(c2ccc(/C=C/C)c3ncccc23)C1. The van der Waals surface area contributed by atoms with Crippen molar-refractivity contribution in [2.75, 3.05) is 19.6 Å². The summed E-state index contributed by atoms with van der Waals surface area (Å²) in [4.78, 5) is 7.22. The average Bonchev–Trinajstić information content (AvgIpc) is 2.54. The molecule has 2 unspecified atom stereocenters. The maximum Gasteiger partial charge on any atom is 0.0777 e. The van der Waals surface area contributed by atoms with Gasteiger partial charge in [-0.1, -0.05) is 49.4 Å². The molecule has 1 aliphatic heterocycles. The molecule has 0 N–H and O–H groups in total. The highest BCUT2D eigenvalue weighted by atomic mass is 15.1. The van der Waals surface area contributed by atoms with Crippen LogP contribution in [-0.2, 0) is 0 Å². The van der Waals surface area contributed by atoms with Gasteiger partial charge in [-0.3, -0.25) is 9.88 Å². The minimum atomic E-state index is 0.569. The third-order valence-corrected chi connectivity index (χ3v) is 4.85. The van der Waals surface area contributed by atoms with Crippen LogP contribution in [0.1, 0.15) is 44.2 Å². The largest absolute Gasteiger partial charge is 0.299 e. The molecule has 2 nitrogen and oxygen atoms in total. The van der Waals surface area contributed by atoms with Crippen LogP contribution in [0.2, 0.25) is 0 Å². The molecular weight excluding hydrogens is 292 g/mol. The van der Waals surface area contributed by atoms with Crippen molar-refractivity contribution in [1.82, 2.24) is 9.88 Å². The van der Waals surface area contributed by atoms with Gasteiger partial charge in [-0.15, -0.1) is 0 Å². The average molecular weight is 320 g/mol. The number of benzene rings is 1. The molecule has 2 heteroatoms. The van der Waals surface area contributed by atoms with Gasteiger partial charge in [0.1, 0.15) is 0 Å². The molecule has 0 aliphatic carbocycles. The van der Waals surface area contributed by atoms with Crippen LogP contribution >= 0.6 is 0 Å². The van der Waals surface area contributed by atoms with Gasteiger partial charge in [0.25, 0.3) is 0 Å². The number of pyridine rings is 1. The van der Waals surface area contributed by atoms with Gasteiger partial charge in [0.15, 0.2) is 0 Å². The Kier molecular flexibility index (Phi) is 5.15. The van der Waals surface area contributed by atoms with Crippen molar-refractivity contribution < 1.29 is 0 Å². The van der Waals surface area contributed by atoms with E-state index in [4.69, 9.17) is 0 Å². The first-order chi connectivity index (χ1) is 11.6. The fraction of sp³-hybridized carbons (Fsp3) is 0.409. The minimum absolute atomic E-state index is 0.569. The van der Waals surface area contributed by atoms with Crippen molar-refractivity contribution in [2.45, 2.75) is 33.1 Å². The van der Waals surface area contributed by atoms with Crippen LogP contribution in [0.3, 0.4) is 0 Å². The Morgan fingerprint density at radius 1 is 1.33 bits per heavy atom. The van der Waals surface area contributed by atoms with E-state index in [-0.39, 0.29) is 0 Å². The Bertz CT molecular complexity index is 760. The van der Waals surface area contributed by atoms with Gasteiger partial charge in [-0.05, 0) is 43.7 Å². The van der Waals surface area contributed by atoms with E-state index >= 15 is 0 Å². The van der Waals surface area contributed by atoms with Crippen molar-refractivity contribution in [3.8, 4) is 0 Å². The Morgan fingerprint density at radius 2 is 2.17 bits per heavy atom. The summed E-state index contributed by atoms with van der Waals surface area (Å²) >= 11 is 0. The molecule has 24 heavy (non-hydrogen) atoms. The van der Waals surface area contributed by atoms with E-state index in [0.717, 1.165) is 18.6 Å². The van der Waals surface area contributed by atoms with Crippen molar-refractivity contribution in [2.24, 2.45) is 5.92 Å². The van der Waals surface area contributed by atoms with E-state index < -0.39 is 0 Å². The zero-order valence-electron chi connectivity index (χ0n) is 15.1. The first kappa shape index (κ1) is 16.9. The molecule has 2 aromatic rings. The summed E-state index contributed by atoms with van der Waals surface area (Å²) in [6.07, 6.45) is 7.38. The smallest absolute Gasteiger partial charge is 0.0777 e. The number of hydrogen-bond donors (Lipinski definition) is 0. The summed E-state index contributed by atoms with van der Waals surface area (Å²) in [6.45, 7) is 13.9. The standard InChI is InChI=1S/C22H28N2/c1-5-7-18-9-10-20(21-8-6-11-23-22(18)21)19-12-17(4)14-24(15-19)13-16(2)3/h5-11,17,19H,2,12-15H2,1,3-4H3/b7-5+. The van der Waals surface area contributed by atoms with Crippen LogP contribution in [0.4, 0.5) is 0 Å². The van der Waals surface area contributed by atoms with E-state index in [1.54, 1.807) is 0 Å². The van der Waals surface area contributed by atoms with Gasteiger partial charge in [-0.2, -0.15) is 0 Å². The fourth-order valence-corrected chi connectivity index (χ4v) is 4.08. The third kappa shape index (κ3) is 3.59. The molecule has 1 aliphatic rings. The zero-order chi connectivity index (χ0) is 17.1. The summed E-state index contributed by atoms with van der Waals surface area (Å²) < 4.78 is 0. The van der Waals surface area contributed by atoms with Crippen molar-refractivity contribution in [1.29, 1.82) is 0 Å². The lowest BCUT2D eigenvalue weighted by Crippen LogP contribution is -2.39. The zero-order valence-corrected chi connectivity index (χ0v) is 15.1. The molecule has 1 aromatic heterocycles. The molecule has 0 amide bonds. The van der Waals surface area contributed by atoms with Crippen LogP contribution < -0.4 is 0 Å². The predicted molar refractivity (Wildman–Crippen MR) is 104 cm³/mol. The Balaban J connectivity index is 1.99. The highest BCUT2D eigenvalue weighted by Crippen LogP contribution is 2.35. The summed E-state index contributed by atoms with van der Waals surface area (Å²) in [5.41, 5.74) is 5.03. The number of rotatable bonds is 4. The van der Waals surface area contributed by atoms with Gasteiger partial charge in [0.2, 0.25) is 0 Å². The Labute approximate surface area is 145 Å². The number of nitrogens with zero attached hydrogens (tertiary/aromatic N) is 2. The van der Waals surface area contributed by atoms with Gasteiger partial charge >= 0.3 is 0 Å². The molecule has 0 bridgehead atoms. The molecule has 126 valence electrons. The van der Waals surface area contributed by atoms with Crippen LogP contribution in [0.5, 0.6) is 0 Å². The topological polar surface area (TPSA) is 16.1 Å². The predicted octanol–water partition coefficient (Wildman–Crippen LogP) is 5.27. The lowest BCUT2D eigenvalue weighted by molar-refractivity contribution is 0.177. The molecule has 1 aromatic carbocycles. The normalized spacial score (nSPS) is 22.3. The number of hydrogen-bond acceptors (Lipinski definition) is 2. The van der Waals surface area contributed by atoms with Gasteiger partial charge in [0, 0.05) is 36.8 Å². The van der Waals surface area contributed by atoms with E-state index in [0.29, 0.717) is 11.8 Å².